The minimum atomic E-state index is 0.105. The first-order valence-corrected chi connectivity index (χ1v) is 7.60. The molecule has 0 aliphatic carbocycles. The van der Waals surface area contributed by atoms with Crippen molar-refractivity contribution < 1.29 is 4.74 Å². The topological polar surface area (TPSA) is 21.3 Å². The van der Waals surface area contributed by atoms with Crippen LogP contribution in [0.15, 0.2) is 18.2 Å². The van der Waals surface area contributed by atoms with Gasteiger partial charge in [0.15, 0.2) is 0 Å². The summed E-state index contributed by atoms with van der Waals surface area (Å²) in [4.78, 5) is 0. The van der Waals surface area contributed by atoms with E-state index >= 15 is 0 Å². The molecule has 0 unspecified atom stereocenters. The van der Waals surface area contributed by atoms with E-state index in [4.69, 9.17) is 4.74 Å². The average molecular weight is 277 g/mol. The molecule has 114 valence electrons. The van der Waals surface area contributed by atoms with Crippen molar-refractivity contribution in [3.05, 3.63) is 29.3 Å². The van der Waals surface area contributed by atoms with Crippen LogP contribution in [0.25, 0.3) is 0 Å². The molecule has 0 heterocycles. The van der Waals surface area contributed by atoms with Crippen molar-refractivity contribution >= 4 is 0 Å². The third-order valence-electron chi connectivity index (χ3n) is 3.53. The van der Waals surface area contributed by atoms with E-state index in [2.05, 4.69) is 65.1 Å². The molecular weight excluding hydrogens is 246 g/mol. The van der Waals surface area contributed by atoms with Crippen molar-refractivity contribution in [3.63, 3.8) is 0 Å². The van der Waals surface area contributed by atoms with Crippen LogP contribution in [0.1, 0.15) is 52.7 Å². The highest BCUT2D eigenvalue weighted by Crippen LogP contribution is 2.33. The van der Waals surface area contributed by atoms with Crippen molar-refractivity contribution in [2.24, 2.45) is 5.41 Å². The smallest absolute Gasteiger partial charge is 0.123 e. The number of benzene rings is 1. The molecule has 0 amide bonds. The fourth-order valence-electron chi connectivity index (χ4n) is 2.31. The van der Waals surface area contributed by atoms with Crippen LogP contribution in [0.2, 0.25) is 0 Å². The summed E-state index contributed by atoms with van der Waals surface area (Å²) in [6, 6.07) is 6.60. The summed E-state index contributed by atoms with van der Waals surface area (Å²) in [5, 5.41) is 3.23. The van der Waals surface area contributed by atoms with Crippen molar-refractivity contribution in [1.29, 1.82) is 0 Å². The van der Waals surface area contributed by atoms with Gasteiger partial charge in [0, 0.05) is 12.0 Å². The van der Waals surface area contributed by atoms with Crippen LogP contribution in [0.5, 0.6) is 5.75 Å². The molecule has 20 heavy (non-hydrogen) atoms. The van der Waals surface area contributed by atoms with Gasteiger partial charge in [-0.3, -0.25) is 0 Å². The summed E-state index contributed by atoms with van der Waals surface area (Å²) in [7, 11) is 1.98. The van der Waals surface area contributed by atoms with Gasteiger partial charge in [-0.2, -0.15) is 0 Å². The van der Waals surface area contributed by atoms with Crippen molar-refractivity contribution in [2.45, 2.75) is 53.4 Å². The molecule has 0 aliphatic heterocycles. The Morgan fingerprint density at radius 3 is 2.25 bits per heavy atom. The lowest BCUT2D eigenvalue weighted by atomic mass is 9.85. The number of aryl methyl sites for hydroxylation is 1. The number of hydrogen-bond acceptors (Lipinski definition) is 2. The maximum absolute atomic E-state index is 6.14. The summed E-state index contributed by atoms with van der Waals surface area (Å²) < 4.78 is 6.14. The molecule has 0 saturated carbocycles. The lowest BCUT2D eigenvalue weighted by Crippen LogP contribution is -2.32. The molecule has 1 aromatic rings. The zero-order valence-electron chi connectivity index (χ0n) is 14.3. The molecule has 0 spiro atoms. The highest BCUT2D eigenvalue weighted by molar-refractivity contribution is 5.41. The number of nitrogens with one attached hydrogen (secondary N) is 1. The molecule has 0 radical (unpaired) electrons. The molecule has 1 rings (SSSR count). The molecule has 1 aromatic carbocycles. The second-order valence-corrected chi connectivity index (χ2v) is 7.42. The summed E-state index contributed by atoms with van der Waals surface area (Å²) in [6.45, 7) is 15.0. The third kappa shape index (κ3) is 4.82. The summed E-state index contributed by atoms with van der Waals surface area (Å²) in [5.41, 5.74) is 2.91. The van der Waals surface area contributed by atoms with Gasteiger partial charge in [0.25, 0.3) is 0 Å². The quantitative estimate of drug-likeness (QED) is 0.842. The average Bonchev–Trinajstić information content (AvgIpc) is 2.35. The van der Waals surface area contributed by atoms with Gasteiger partial charge >= 0.3 is 0 Å². The standard InChI is InChI=1S/C18H31NO/c1-8-14-9-10-16(15(11-14)17(2,3)4)20-13-18(5,6)12-19-7/h9-11,19H,8,12-13H2,1-7H3. The highest BCUT2D eigenvalue weighted by Gasteiger charge is 2.22. The van der Waals surface area contributed by atoms with Gasteiger partial charge in [0.05, 0.1) is 6.61 Å². The van der Waals surface area contributed by atoms with Crippen molar-refractivity contribution in [3.8, 4) is 5.75 Å². The number of ether oxygens (including phenoxy) is 1. The van der Waals surface area contributed by atoms with Gasteiger partial charge < -0.3 is 10.1 Å². The summed E-state index contributed by atoms with van der Waals surface area (Å²) in [6.07, 6.45) is 1.06. The number of rotatable bonds is 6. The van der Waals surface area contributed by atoms with E-state index in [0.29, 0.717) is 0 Å². The number of hydrogen-bond donors (Lipinski definition) is 1. The minimum absolute atomic E-state index is 0.105. The Bertz CT molecular complexity index is 430. The maximum Gasteiger partial charge on any atom is 0.123 e. The predicted octanol–water partition coefficient (Wildman–Crippen LogP) is 4.17. The van der Waals surface area contributed by atoms with Crippen LogP contribution in [0.3, 0.4) is 0 Å². The monoisotopic (exact) mass is 277 g/mol. The zero-order chi connectivity index (χ0) is 15.4. The first-order chi connectivity index (χ1) is 9.19. The van der Waals surface area contributed by atoms with E-state index in [9.17, 15) is 0 Å². The summed E-state index contributed by atoms with van der Waals surface area (Å²) >= 11 is 0. The molecule has 2 heteroatoms. The molecule has 0 aliphatic rings. The largest absolute Gasteiger partial charge is 0.493 e. The summed E-state index contributed by atoms with van der Waals surface area (Å²) in [5.74, 6) is 1.03. The van der Waals surface area contributed by atoms with Crippen molar-refractivity contribution in [1.82, 2.24) is 5.32 Å². The molecule has 0 fully saturated rings. The molecule has 0 saturated heterocycles. The van der Waals surface area contributed by atoms with Crippen LogP contribution in [-0.2, 0) is 11.8 Å². The fourth-order valence-corrected chi connectivity index (χ4v) is 2.31. The van der Waals surface area contributed by atoms with Gasteiger partial charge in [0.2, 0.25) is 0 Å². The Morgan fingerprint density at radius 1 is 1.10 bits per heavy atom. The van der Waals surface area contributed by atoms with Crippen LogP contribution < -0.4 is 10.1 Å². The maximum atomic E-state index is 6.14. The van der Waals surface area contributed by atoms with E-state index in [0.717, 1.165) is 25.3 Å². The molecule has 0 atom stereocenters. The molecular formula is C18H31NO. The van der Waals surface area contributed by atoms with Crippen LogP contribution in [0.4, 0.5) is 0 Å². The lowest BCUT2D eigenvalue weighted by Gasteiger charge is -2.28. The van der Waals surface area contributed by atoms with Crippen LogP contribution in [0, 0.1) is 5.41 Å². The molecule has 0 aromatic heterocycles. The van der Waals surface area contributed by atoms with Crippen molar-refractivity contribution in [2.75, 3.05) is 20.2 Å². The highest BCUT2D eigenvalue weighted by atomic mass is 16.5. The second kappa shape index (κ2) is 6.62. The lowest BCUT2D eigenvalue weighted by molar-refractivity contribution is 0.176. The third-order valence-corrected chi connectivity index (χ3v) is 3.53. The first-order valence-electron chi connectivity index (χ1n) is 7.60. The second-order valence-electron chi connectivity index (χ2n) is 7.42. The zero-order valence-corrected chi connectivity index (χ0v) is 14.3. The van der Waals surface area contributed by atoms with Crippen LogP contribution >= 0.6 is 0 Å². The first kappa shape index (κ1) is 17.0. The molecule has 2 nitrogen and oxygen atoms in total. The Hall–Kier alpha value is -1.02. The van der Waals surface area contributed by atoms with Gasteiger partial charge in [-0.1, -0.05) is 53.7 Å². The van der Waals surface area contributed by atoms with E-state index in [1.54, 1.807) is 0 Å². The van der Waals surface area contributed by atoms with E-state index in [1.165, 1.54) is 11.1 Å². The predicted molar refractivity (Wildman–Crippen MR) is 87.7 cm³/mol. The van der Waals surface area contributed by atoms with E-state index < -0.39 is 0 Å². The Kier molecular flexibility index (Phi) is 5.64. The fraction of sp³-hybridized carbons (Fsp3) is 0.667. The molecule has 1 N–H and O–H groups in total. The Morgan fingerprint density at radius 2 is 1.75 bits per heavy atom. The van der Waals surface area contributed by atoms with E-state index in [-0.39, 0.29) is 10.8 Å². The minimum Gasteiger partial charge on any atom is -0.493 e. The van der Waals surface area contributed by atoms with Gasteiger partial charge in [-0.05, 0) is 36.1 Å². The molecule has 0 bridgehead atoms. The van der Waals surface area contributed by atoms with Gasteiger partial charge in [0.1, 0.15) is 5.75 Å². The Balaban J connectivity index is 2.95. The Labute approximate surface area is 124 Å². The van der Waals surface area contributed by atoms with Gasteiger partial charge in [-0.15, -0.1) is 0 Å². The van der Waals surface area contributed by atoms with Gasteiger partial charge in [-0.25, -0.2) is 0 Å². The SMILES string of the molecule is CCc1ccc(OCC(C)(C)CNC)c(C(C)(C)C)c1. The van der Waals surface area contributed by atoms with E-state index in [1.807, 2.05) is 7.05 Å². The normalized spacial score (nSPS) is 12.6. The van der Waals surface area contributed by atoms with Crippen LogP contribution in [-0.4, -0.2) is 20.2 Å².